The Morgan fingerprint density at radius 1 is 1.45 bits per heavy atom. The normalized spacial score (nSPS) is 23.6. The summed E-state index contributed by atoms with van der Waals surface area (Å²) >= 11 is 0. The molecule has 0 aromatic heterocycles. The van der Waals surface area contributed by atoms with Crippen LogP contribution in [0.3, 0.4) is 0 Å². The Kier molecular flexibility index (Phi) is 5.35. The van der Waals surface area contributed by atoms with Crippen LogP contribution in [0.2, 0.25) is 0 Å². The van der Waals surface area contributed by atoms with Crippen molar-refractivity contribution in [2.45, 2.75) is 45.0 Å². The molecule has 0 aliphatic carbocycles. The Balaban J connectivity index is 1.61. The molecule has 2 atom stereocenters. The average molecular weight is 276 g/mol. The molecule has 20 heavy (non-hydrogen) atoms. The van der Waals surface area contributed by atoms with E-state index in [1.54, 1.807) is 0 Å². The summed E-state index contributed by atoms with van der Waals surface area (Å²) < 4.78 is 10.9. The van der Waals surface area contributed by atoms with Gasteiger partial charge >= 0.3 is 0 Å². The van der Waals surface area contributed by atoms with Crippen molar-refractivity contribution < 1.29 is 14.6 Å². The van der Waals surface area contributed by atoms with E-state index in [1.165, 1.54) is 11.1 Å². The monoisotopic (exact) mass is 276 g/mol. The van der Waals surface area contributed by atoms with E-state index in [2.05, 4.69) is 25.1 Å². The molecule has 3 heteroatoms. The van der Waals surface area contributed by atoms with Crippen molar-refractivity contribution in [1.82, 2.24) is 0 Å². The first kappa shape index (κ1) is 15.2. The summed E-state index contributed by atoms with van der Waals surface area (Å²) in [7, 11) is 0. The Morgan fingerprint density at radius 3 is 2.80 bits per heavy atom. The van der Waals surface area contributed by atoms with E-state index in [0.29, 0.717) is 19.8 Å². The second-order valence-electron chi connectivity index (χ2n) is 5.71. The number of rotatable bonds is 8. The van der Waals surface area contributed by atoms with E-state index in [4.69, 9.17) is 9.47 Å². The molecule has 1 aliphatic heterocycles. The maximum atomic E-state index is 9.93. The number of hydrogen-bond acceptors (Lipinski definition) is 3. The third-order valence-corrected chi connectivity index (χ3v) is 3.78. The van der Waals surface area contributed by atoms with Crippen LogP contribution in [0.1, 0.15) is 32.3 Å². The van der Waals surface area contributed by atoms with Gasteiger partial charge in [-0.2, -0.15) is 0 Å². The summed E-state index contributed by atoms with van der Waals surface area (Å²) in [5, 5.41) is 9.93. The summed E-state index contributed by atoms with van der Waals surface area (Å²) in [4.78, 5) is 0. The SMILES string of the molecule is C/C(=C\COCc1ccccc1)CC[C@@H](O)[C@@]1(C)CO1. The molecule has 0 bridgehead atoms. The van der Waals surface area contributed by atoms with Crippen LogP contribution in [-0.4, -0.2) is 30.0 Å². The summed E-state index contributed by atoms with van der Waals surface area (Å²) in [6.45, 7) is 5.97. The fourth-order valence-corrected chi connectivity index (χ4v) is 2.03. The highest BCUT2D eigenvalue weighted by Crippen LogP contribution is 2.32. The zero-order chi connectivity index (χ0) is 14.4. The van der Waals surface area contributed by atoms with Crippen molar-refractivity contribution in [2.24, 2.45) is 0 Å². The van der Waals surface area contributed by atoms with Crippen molar-refractivity contribution in [3.63, 3.8) is 0 Å². The number of aliphatic hydroxyl groups excluding tert-OH is 1. The predicted molar refractivity (Wildman–Crippen MR) is 79.5 cm³/mol. The largest absolute Gasteiger partial charge is 0.390 e. The number of epoxide rings is 1. The summed E-state index contributed by atoms with van der Waals surface area (Å²) in [5.74, 6) is 0. The van der Waals surface area contributed by atoms with Gasteiger partial charge in [0.15, 0.2) is 0 Å². The molecule has 1 aromatic rings. The number of ether oxygens (including phenoxy) is 2. The molecule has 0 amide bonds. The smallest absolute Gasteiger partial charge is 0.115 e. The maximum Gasteiger partial charge on any atom is 0.115 e. The standard InChI is InChI=1S/C17H24O3/c1-14(8-9-16(18)17(2)13-20-17)10-11-19-12-15-6-4-3-5-7-15/h3-7,10,16,18H,8-9,11-13H2,1-2H3/b14-10+/t16-,17-/m1/s1. The molecular weight excluding hydrogens is 252 g/mol. The van der Waals surface area contributed by atoms with E-state index in [-0.39, 0.29) is 11.7 Å². The Labute approximate surface area is 121 Å². The highest BCUT2D eigenvalue weighted by Gasteiger charge is 2.45. The molecule has 1 N–H and O–H groups in total. The minimum atomic E-state index is -0.365. The van der Waals surface area contributed by atoms with Gasteiger partial charge in [-0.25, -0.2) is 0 Å². The van der Waals surface area contributed by atoms with Gasteiger partial charge in [-0.1, -0.05) is 42.0 Å². The molecule has 0 saturated carbocycles. The lowest BCUT2D eigenvalue weighted by atomic mass is 9.99. The first-order valence-electron chi connectivity index (χ1n) is 7.19. The highest BCUT2D eigenvalue weighted by molar-refractivity contribution is 5.13. The molecule has 1 heterocycles. The van der Waals surface area contributed by atoms with Gasteiger partial charge in [0.1, 0.15) is 5.60 Å². The van der Waals surface area contributed by atoms with Crippen LogP contribution in [0, 0.1) is 0 Å². The minimum Gasteiger partial charge on any atom is -0.390 e. The predicted octanol–water partition coefficient (Wildman–Crippen LogP) is 3.08. The zero-order valence-electron chi connectivity index (χ0n) is 12.3. The van der Waals surface area contributed by atoms with Crippen LogP contribution < -0.4 is 0 Å². The van der Waals surface area contributed by atoms with Gasteiger partial charge in [0.05, 0.1) is 25.9 Å². The summed E-state index contributed by atoms with van der Waals surface area (Å²) in [6, 6.07) is 10.2. The van der Waals surface area contributed by atoms with E-state index >= 15 is 0 Å². The molecule has 0 radical (unpaired) electrons. The quantitative estimate of drug-likeness (QED) is 0.451. The van der Waals surface area contributed by atoms with Gasteiger partial charge < -0.3 is 14.6 Å². The molecule has 3 nitrogen and oxygen atoms in total. The van der Waals surface area contributed by atoms with Crippen molar-refractivity contribution >= 4 is 0 Å². The molecule has 1 fully saturated rings. The van der Waals surface area contributed by atoms with Crippen molar-refractivity contribution in [1.29, 1.82) is 0 Å². The van der Waals surface area contributed by atoms with Gasteiger partial charge in [-0.15, -0.1) is 0 Å². The zero-order valence-corrected chi connectivity index (χ0v) is 12.3. The Bertz CT molecular complexity index is 435. The number of aliphatic hydroxyl groups is 1. The molecule has 0 unspecified atom stereocenters. The molecule has 2 rings (SSSR count). The molecular formula is C17H24O3. The van der Waals surface area contributed by atoms with Gasteiger partial charge in [0.2, 0.25) is 0 Å². The maximum absolute atomic E-state index is 9.93. The highest BCUT2D eigenvalue weighted by atomic mass is 16.6. The second-order valence-corrected chi connectivity index (χ2v) is 5.71. The third kappa shape index (κ3) is 4.75. The summed E-state index contributed by atoms with van der Waals surface area (Å²) in [6.07, 6.45) is 3.36. The number of benzene rings is 1. The summed E-state index contributed by atoms with van der Waals surface area (Å²) in [5.41, 5.74) is 2.15. The van der Waals surface area contributed by atoms with Crippen LogP contribution >= 0.6 is 0 Å². The number of hydrogen-bond donors (Lipinski definition) is 1. The molecule has 110 valence electrons. The van der Waals surface area contributed by atoms with Crippen molar-refractivity contribution in [2.75, 3.05) is 13.2 Å². The van der Waals surface area contributed by atoms with Gasteiger partial charge in [0.25, 0.3) is 0 Å². The fraction of sp³-hybridized carbons (Fsp3) is 0.529. The lowest BCUT2D eigenvalue weighted by Gasteiger charge is -2.14. The van der Waals surface area contributed by atoms with Crippen LogP contribution in [0.15, 0.2) is 42.0 Å². The Morgan fingerprint density at radius 2 is 2.15 bits per heavy atom. The number of allylic oxidation sites excluding steroid dienone is 1. The van der Waals surface area contributed by atoms with E-state index in [0.717, 1.165) is 12.8 Å². The van der Waals surface area contributed by atoms with Crippen molar-refractivity contribution in [3.8, 4) is 0 Å². The van der Waals surface area contributed by atoms with Crippen LogP contribution in [0.4, 0.5) is 0 Å². The first-order chi connectivity index (χ1) is 9.60. The Hall–Kier alpha value is -1.16. The van der Waals surface area contributed by atoms with Crippen LogP contribution in [-0.2, 0) is 16.1 Å². The van der Waals surface area contributed by atoms with Crippen molar-refractivity contribution in [3.05, 3.63) is 47.5 Å². The fourth-order valence-electron chi connectivity index (χ4n) is 2.03. The van der Waals surface area contributed by atoms with E-state index < -0.39 is 0 Å². The van der Waals surface area contributed by atoms with Gasteiger partial charge in [-0.05, 0) is 32.3 Å². The topological polar surface area (TPSA) is 42.0 Å². The van der Waals surface area contributed by atoms with Crippen LogP contribution in [0.5, 0.6) is 0 Å². The lowest BCUT2D eigenvalue weighted by molar-refractivity contribution is 0.0776. The average Bonchev–Trinajstić information content (AvgIpc) is 3.21. The van der Waals surface area contributed by atoms with E-state index in [9.17, 15) is 5.11 Å². The lowest BCUT2D eigenvalue weighted by Crippen LogP contribution is -2.26. The molecule has 1 saturated heterocycles. The van der Waals surface area contributed by atoms with Gasteiger partial charge in [-0.3, -0.25) is 0 Å². The third-order valence-electron chi connectivity index (χ3n) is 3.78. The van der Waals surface area contributed by atoms with Crippen LogP contribution in [0.25, 0.3) is 0 Å². The molecule has 1 aromatic carbocycles. The van der Waals surface area contributed by atoms with Gasteiger partial charge in [0, 0.05) is 0 Å². The first-order valence-corrected chi connectivity index (χ1v) is 7.19. The molecule has 0 spiro atoms. The van der Waals surface area contributed by atoms with E-state index in [1.807, 2.05) is 25.1 Å². The molecule has 1 aliphatic rings. The second kappa shape index (κ2) is 7.02. The minimum absolute atomic E-state index is 0.288.